The van der Waals surface area contributed by atoms with Crippen molar-refractivity contribution in [1.82, 2.24) is 0 Å². The van der Waals surface area contributed by atoms with Crippen LogP contribution in [0.5, 0.6) is 0 Å². The highest BCUT2D eigenvalue weighted by molar-refractivity contribution is 6.11. The second-order valence-corrected chi connectivity index (χ2v) is 10.3. The molecule has 0 aliphatic heterocycles. The predicted octanol–water partition coefficient (Wildman–Crippen LogP) is 5.20. The van der Waals surface area contributed by atoms with Gasteiger partial charge in [0.25, 0.3) is 0 Å². The van der Waals surface area contributed by atoms with Crippen LogP contribution < -0.4 is 0 Å². The van der Waals surface area contributed by atoms with Crippen molar-refractivity contribution in [1.29, 1.82) is 0 Å². The summed E-state index contributed by atoms with van der Waals surface area (Å²) in [6.45, 7) is 4.49. The molecule has 0 N–H and O–H groups in total. The van der Waals surface area contributed by atoms with Gasteiger partial charge in [-0.1, -0.05) is 55.8 Å². The summed E-state index contributed by atoms with van der Waals surface area (Å²) in [4.78, 5) is 38.7. The Hall–Kier alpha value is -2.03. The summed E-state index contributed by atoms with van der Waals surface area (Å²) >= 11 is 0. The van der Waals surface area contributed by atoms with Crippen LogP contribution in [0.4, 0.5) is 0 Å². The van der Waals surface area contributed by atoms with Crippen molar-refractivity contribution in [3.05, 3.63) is 47.5 Å². The molecule has 3 heteroatoms. The first kappa shape index (κ1) is 19.0. The molecule has 0 spiro atoms. The zero-order valence-electron chi connectivity index (χ0n) is 17.4. The van der Waals surface area contributed by atoms with Crippen molar-refractivity contribution in [2.24, 2.45) is 34.5 Å². The second kappa shape index (κ2) is 6.48. The molecule has 6 unspecified atom stereocenters. The molecule has 1 aromatic rings. The predicted molar refractivity (Wildman–Crippen MR) is 111 cm³/mol. The maximum atomic E-state index is 13.2. The third-order valence-electron chi connectivity index (χ3n) is 9.09. The number of carbonyl (C=O) groups is 3. The van der Waals surface area contributed by atoms with Gasteiger partial charge in [-0.15, -0.1) is 0 Å². The van der Waals surface area contributed by atoms with Crippen LogP contribution in [0.2, 0.25) is 0 Å². The number of carbonyl (C=O) groups excluding carboxylic acids is 3. The third kappa shape index (κ3) is 2.65. The van der Waals surface area contributed by atoms with Gasteiger partial charge >= 0.3 is 0 Å². The molecule has 0 amide bonds. The molecule has 3 nitrogen and oxygen atoms in total. The SMILES string of the molecule is CC12CCC3C(CC=C4CC(=O)C(C(=O)c5ccccc5)CC43C)C1CCC2=O. The van der Waals surface area contributed by atoms with Crippen molar-refractivity contribution in [2.45, 2.75) is 58.8 Å². The molecule has 0 heterocycles. The summed E-state index contributed by atoms with van der Waals surface area (Å²) < 4.78 is 0. The molecule has 0 saturated heterocycles. The van der Waals surface area contributed by atoms with Crippen LogP contribution >= 0.6 is 0 Å². The summed E-state index contributed by atoms with van der Waals surface area (Å²) in [6, 6.07) is 9.27. The molecule has 3 fully saturated rings. The minimum absolute atomic E-state index is 0.0188. The molecule has 152 valence electrons. The van der Waals surface area contributed by atoms with Gasteiger partial charge in [-0.3, -0.25) is 14.4 Å². The normalized spacial score (nSPS) is 41.2. The Balaban J connectivity index is 1.47. The van der Waals surface area contributed by atoms with E-state index in [1.54, 1.807) is 0 Å². The highest BCUT2D eigenvalue weighted by Crippen LogP contribution is 2.64. The van der Waals surface area contributed by atoms with E-state index in [2.05, 4.69) is 19.9 Å². The zero-order chi connectivity index (χ0) is 20.4. The molecule has 29 heavy (non-hydrogen) atoms. The first-order valence-corrected chi connectivity index (χ1v) is 11.2. The smallest absolute Gasteiger partial charge is 0.173 e. The minimum atomic E-state index is -0.531. The molecule has 1 aromatic carbocycles. The average molecular weight is 391 g/mol. The van der Waals surface area contributed by atoms with E-state index in [0.29, 0.717) is 41.9 Å². The summed E-state index contributed by atoms with van der Waals surface area (Å²) in [7, 11) is 0. The maximum absolute atomic E-state index is 13.2. The highest BCUT2D eigenvalue weighted by atomic mass is 16.2. The van der Waals surface area contributed by atoms with E-state index in [9.17, 15) is 14.4 Å². The topological polar surface area (TPSA) is 51.2 Å². The standard InChI is InChI=1S/C26H30O3/c1-25-13-12-21-18(20(25)10-11-23(25)28)9-8-17-14-22(27)19(15-26(17,21)2)24(29)16-6-4-3-5-7-16/h3-8,18-21H,9-15H2,1-2H3. The summed E-state index contributed by atoms with van der Waals surface area (Å²) in [5, 5.41) is 0. The van der Waals surface area contributed by atoms with Crippen LogP contribution in [0.15, 0.2) is 42.0 Å². The van der Waals surface area contributed by atoms with E-state index < -0.39 is 5.92 Å². The average Bonchev–Trinajstić information content (AvgIpc) is 3.03. The molecule has 0 radical (unpaired) electrons. The molecule has 4 aliphatic rings. The van der Waals surface area contributed by atoms with Gasteiger partial charge in [0.15, 0.2) is 5.78 Å². The van der Waals surface area contributed by atoms with Gasteiger partial charge < -0.3 is 0 Å². The molecule has 0 aromatic heterocycles. The number of Topliss-reactive ketones (excluding diaryl/α,β-unsaturated/α-hetero) is 3. The van der Waals surface area contributed by atoms with Gasteiger partial charge in [-0.2, -0.15) is 0 Å². The number of allylic oxidation sites excluding steroid dienone is 2. The van der Waals surface area contributed by atoms with Crippen molar-refractivity contribution >= 4 is 17.3 Å². The Bertz CT molecular complexity index is 913. The van der Waals surface area contributed by atoms with Crippen LogP contribution in [0.3, 0.4) is 0 Å². The lowest BCUT2D eigenvalue weighted by molar-refractivity contribution is -0.132. The number of ketones is 3. The maximum Gasteiger partial charge on any atom is 0.173 e. The zero-order valence-corrected chi connectivity index (χ0v) is 17.4. The van der Waals surface area contributed by atoms with Crippen molar-refractivity contribution in [2.75, 3.05) is 0 Å². The Labute approximate surface area is 173 Å². The molecule has 4 aliphatic carbocycles. The lowest BCUT2D eigenvalue weighted by Gasteiger charge is -2.56. The van der Waals surface area contributed by atoms with Gasteiger partial charge in [0, 0.05) is 23.8 Å². The van der Waals surface area contributed by atoms with E-state index in [4.69, 9.17) is 0 Å². The molecule has 0 bridgehead atoms. The Morgan fingerprint density at radius 3 is 2.48 bits per heavy atom. The Morgan fingerprint density at radius 2 is 1.72 bits per heavy atom. The van der Waals surface area contributed by atoms with Crippen LogP contribution in [-0.4, -0.2) is 17.3 Å². The van der Waals surface area contributed by atoms with Gasteiger partial charge in [0.1, 0.15) is 11.6 Å². The van der Waals surface area contributed by atoms with E-state index in [0.717, 1.165) is 32.1 Å². The lowest BCUT2D eigenvalue weighted by atomic mass is 9.47. The Kier molecular flexibility index (Phi) is 4.24. The molecule has 5 rings (SSSR count). The summed E-state index contributed by atoms with van der Waals surface area (Å²) in [5.74, 6) is 1.44. The van der Waals surface area contributed by atoms with Gasteiger partial charge in [-0.05, 0) is 55.3 Å². The van der Waals surface area contributed by atoms with E-state index in [1.807, 2.05) is 30.3 Å². The molecule has 3 saturated carbocycles. The van der Waals surface area contributed by atoms with Crippen molar-refractivity contribution in [3.8, 4) is 0 Å². The largest absolute Gasteiger partial charge is 0.299 e. The summed E-state index contributed by atoms with van der Waals surface area (Å²) in [6.07, 6.45) is 8.09. The highest BCUT2D eigenvalue weighted by Gasteiger charge is 2.59. The lowest BCUT2D eigenvalue weighted by Crippen LogP contribution is -2.52. The van der Waals surface area contributed by atoms with Crippen molar-refractivity contribution in [3.63, 3.8) is 0 Å². The van der Waals surface area contributed by atoms with Crippen LogP contribution in [-0.2, 0) is 9.59 Å². The third-order valence-corrected chi connectivity index (χ3v) is 9.09. The van der Waals surface area contributed by atoms with E-state index in [1.165, 1.54) is 5.57 Å². The van der Waals surface area contributed by atoms with Gasteiger partial charge in [0.2, 0.25) is 0 Å². The van der Waals surface area contributed by atoms with Crippen molar-refractivity contribution < 1.29 is 14.4 Å². The first-order chi connectivity index (χ1) is 13.8. The molecule has 6 atom stereocenters. The first-order valence-electron chi connectivity index (χ1n) is 11.2. The molecular weight excluding hydrogens is 360 g/mol. The van der Waals surface area contributed by atoms with Crippen LogP contribution in [0, 0.1) is 34.5 Å². The fraction of sp³-hybridized carbons (Fsp3) is 0.577. The van der Waals surface area contributed by atoms with Crippen LogP contribution in [0.1, 0.15) is 69.2 Å². The number of rotatable bonds is 2. The Morgan fingerprint density at radius 1 is 1.00 bits per heavy atom. The van der Waals surface area contributed by atoms with E-state index >= 15 is 0 Å². The van der Waals surface area contributed by atoms with E-state index in [-0.39, 0.29) is 22.4 Å². The number of hydrogen-bond donors (Lipinski definition) is 0. The van der Waals surface area contributed by atoms with Crippen LogP contribution in [0.25, 0.3) is 0 Å². The fourth-order valence-electron chi connectivity index (χ4n) is 7.38. The van der Waals surface area contributed by atoms with Gasteiger partial charge in [0.05, 0.1) is 5.92 Å². The second-order valence-electron chi connectivity index (χ2n) is 10.3. The monoisotopic (exact) mass is 390 g/mol. The quantitative estimate of drug-likeness (QED) is 0.396. The number of hydrogen-bond acceptors (Lipinski definition) is 3. The summed E-state index contributed by atoms with van der Waals surface area (Å²) in [5.41, 5.74) is 1.66. The number of benzene rings is 1. The molecular formula is C26H30O3. The van der Waals surface area contributed by atoms with Gasteiger partial charge in [-0.25, -0.2) is 0 Å². The minimum Gasteiger partial charge on any atom is -0.299 e. The number of fused-ring (bicyclic) bond motifs is 5. The fourth-order valence-corrected chi connectivity index (χ4v) is 7.38.